The lowest BCUT2D eigenvalue weighted by molar-refractivity contribution is 0.410. The maximum Gasteiger partial charge on any atom is 0.121 e. The molecule has 0 bridgehead atoms. The van der Waals surface area contributed by atoms with Crippen molar-refractivity contribution in [3.8, 4) is 11.5 Å². The molecule has 1 unspecified atom stereocenters. The lowest BCUT2D eigenvalue weighted by atomic mass is 10.1. The molecule has 0 fully saturated rings. The highest BCUT2D eigenvalue weighted by Gasteiger charge is 2.14. The van der Waals surface area contributed by atoms with E-state index in [0.29, 0.717) is 32.1 Å². The van der Waals surface area contributed by atoms with Crippen LogP contribution in [-0.2, 0) is 0 Å². The van der Waals surface area contributed by atoms with Crippen molar-refractivity contribution < 1.29 is 9.84 Å². The molecular formula is C15H14Cl3NO2. The third-order valence-corrected chi connectivity index (χ3v) is 4.12. The summed E-state index contributed by atoms with van der Waals surface area (Å²) in [7, 11) is 1.57. The van der Waals surface area contributed by atoms with E-state index in [1.165, 1.54) is 0 Å². The minimum atomic E-state index is -0.199. The summed E-state index contributed by atoms with van der Waals surface area (Å²) in [6, 6.07) is 8.07. The lowest BCUT2D eigenvalue weighted by Gasteiger charge is -2.19. The molecule has 0 aliphatic carbocycles. The van der Waals surface area contributed by atoms with Gasteiger partial charge in [-0.25, -0.2) is 0 Å². The number of hydrogen-bond acceptors (Lipinski definition) is 3. The number of phenolic OH excluding ortho intramolecular Hbond substituents is 1. The second kappa shape index (κ2) is 6.65. The third kappa shape index (κ3) is 3.67. The molecule has 0 saturated heterocycles. The maximum atomic E-state index is 9.97. The number of halogens is 3. The lowest BCUT2D eigenvalue weighted by Crippen LogP contribution is -2.07. The normalized spacial score (nSPS) is 12.0. The Morgan fingerprint density at radius 2 is 1.71 bits per heavy atom. The molecule has 3 nitrogen and oxygen atoms in total. The van der Waals surface area contributed by atoms with Crippen LogP contribution in [0.4, 0.5) is 5.69 Å². The van der Waals surface area contributed by atoms with Crippen molar-refractivity contribution in [3.05, 3.63) is 51.0 Å². The summed E-state index contributed by atoms with van der Waals surface area (Å²) in [6.45, 7) is 1.90. The Labute approximate surface area is 138 Å². The smallest absolute Gasteiger partial charge is 0.121 e. The summed E-state index contributed by atoms with van der Waals surface area (Å²) >= 11 is 18.0. The van der Waals surface area contributed by atoms with Gasteiger partial charge in [0.2, 0.25) is 0 Å². The molecule has 0 amide bonds. The van der Waals surface area contributed by atoms with Gasteiger partial charge in [-0.2, -0.15) is 0 Å². The fourth-order valence-electron chi connectivity index (χ4n) is 1.95. The fraction of sp³-hybridized carbons (Fsp3) is 0.200. The van der Waals surface area contributed by atoms with Gasteiger partial charge in [0.1, 0.15) is 11.5 Å². The number of benzene rings is 2. The molecule has 2 rings (SSSR count). The van der Waals surface area contributed by atoms with Crippen molar-refractivity contribution in [2.24, 2.45) is 0 Å². The standard InChI is InChI=1S/C15H14Cl3NO2/c1-8(10-5-9(21-2)3-4-15(10)20)19-14-7-12(17)11(16)6-13(14)18/h3-8,19-20H,1-2H3. The number of phenols is 1. The molecular weight excluding hydrogens is 333 g/mol. The Balaban J connectivity index is 2.30. The second-order valence-electron chi connectivity index (χ2n) is 4.54. The van der Waals surface area contributed by atoms with Gasteiger partial charge in [0.15, 0.2) is 0 Å². The number of nitrogens with one attached hydrogen (secondary N) is 1. The fourth-order valence-corrected chi connectivity index (χ4v) is 2.55. The molecule has 0 aliphatic heterocycles. The van der Waals surface area contributed by atoms with Crippen LogP contribution in [0.2, 0.25) is 15.1 Å². The first-order chi connectivity index (χ1) is 9.92. The quantitative estimate of drug-likeness (QED) is 0.715. The summed E-state index contributed by atoms with van der Waals surface area (Å²) in [6.07, 6.45) is 0. The van der Waals surface area contributed by atoms with Gasteiger partial charge in [-0.15, -0.1) is 0 Å². The first kappa shape index (κ1) is 16.1. The van der Waals surface area contributed by atoms with Crippen molar-refractivity contribution in [3.63, 3.8) is 0 Å². The van der Waals surface area contributed by atoms with Crippen molar-refractivity contribution in [1.82, 2.24) is 0 Å². The largest absolute Gasteiger partial charge is 0.508 e. The van der Waals surface area contributed by atoms with E-state index in [1.54, 1.807) is 37.4 Å². The first-order valence-corrected chi connectivity index (χ1v) is 7.33. The third-order valence-electron chi connectivity index (χ3n) is 3.08. The Morgan fingerprint density at radius 1 is 1.05 bits per heavy atom. The summed E-state index contributed by atoms with van der Waals surface area (Å²) in [4.78, 5) is 0. The van der Waals surface area contributed by atoms with Gasteiger partial charge in [-0.05, 0) is 37.3 Å². The molecule has 2 N–H and O–H groups in total. The molecule has 0 heterocycles. The number of methoxy groups -OCH3 is 1. The van der Waals surface area contributed by atoms with Crippen LogP contribution in [0.5, 0.6) is 11.5 Å². The van der Waals surface area contributed by atoms with Crippen LogP contribution in [0.15, 0.2) is 30.3 Å². The number of aromatic hydroxyl groups is 1. The second-order valence-corrected chi connectivity index (χ2v) is 5.76. The van der Waals surface area contributed by atoms with Gasteiger partial charge < -0.3 is 15.2 Å². The average Bonchev–Trinajstić information content (AvgIpc) is 2.45. The Kier molecular flexibility index (Phi) is 5.09. The van der Waals surface area contributed by atoms with E-state index in [-0.39, 0.29) is 11.8 Å². The topological polar surface area (TPSA) is 41.5 Å². The predicted molar refractivity (Wildman–Crippen MR) is 88.2 cm³/mol. The Hall–Kier alpha value is -1.29. The zero-order chi connectivity index (χ0) is 15.6. The van der Waals surface area contributed by atoms with Crippen LogP contribution >= 0.6 is 34.8 Å². The number of anilines is 1. The average molecular weight is 347 g/mol. The summed E-state index contributed by atoms with van der Waals surface area (Å²) in [5, 5.41) is 14.4. The molecule has 21 heavy (non-hydrogen) atoms. The predicted octanol–water partition coefficient (Wildman–Crippen LogP) is 5.53. The maximum absolute atomic E-state index is 9.97. The van der Waals surface area contributed by atoms with E-state index in [1.807, 2.05) is 6.92 Å². The molecule has 2 aromatic rings. The Bertz CT molecular complexity index is 662. The molecule has 0 saturated carbocycles. The van der Waals surface area contributed by atoms with Crippen LogP contribution in [0.3, 0.4) is 0 Å². The molecule has 6 heteroatoms. The van der Waals surface area contributed by atoms with Crippen LogP contribution in [0.25, 0.3) is 0 Å². The van der Waals surface area contributed by atoms with E-state index >= 15 is 0 Å². The summed E-state index contributed by atoms with van der Waals surface area (Å²) < 4.78 is 5.17. The van der Waals surface area contributed by atoms with Gasteiger partial charge in [0.05, 0.1) is 33.9 Å². The van der Waals surface area contributed by atoms with E-state index in [4.69, 9.17) is 39.5 Å². The molecule has 2 aromatic carbocycles. The molecule has 0 aliphatic rings. The highest BCUT2D eigenvalue weighted by Crippen LogP contribution is 2.36. The molecule has 0 aromatic heterocycles. The minimum absolute atomic E-state index is 0.173. The number of ether oxygens (including phenoxy) is 1. The highest BCUT2D eigenvalue weighted by atomic mass is 35.5. The molecule has 1 atom stereocenters. The van der Waals surface area contributed by atoms with Crippen molar-refractivity contribution in [1.29, 1.82) is 0 Å². The van der Waals surface area contributed by atoms with Gasteiger partial charge in [-0.3, -0.25) is 0 Å². The molecule has 0 radical (unpaired) electrons. The number of hydrogen-bond donors (Lipinski definition) is 2. The van der Waals surface area contributed by atoms with Crippen LogP contribution in [0, 0.1) is 0 Å². The first-order valence-electron chi connectivity index (χ1n) is 6.20. The van der Waals surface area contributed by atoms with E-state index in [2.05, 4.69) is 5.32 Å². The van der Waals surface area contributed by atoms with Gasteiger partial charge >= 0.3 is 0 Å². The molecule has 0 spiro atoms. The molecule has 112 valence electrons. The van der Waals surface area contributed by atoms with Crippen molar-refractivity contribution in [2.45, 2.75) is 13.0 Å². The monoisotopic (exact) mass is 345 g/mol. The van der Waals surface area contributed by atoms with E-state index in [0.717, 1.165) is 0 Å². The SMILES string of the molecule is COc1ccc(O)c(C(C)Nc2cc(Cl)c(Cl)cc2Cl)c1. The minimum Gasteiger partial charge on any atom is -0.508 e. The number of rotatable bonds is 4. The van der Waals surface area contributed by atoms with Crippen LogP contribution in [0.1, 0.15) is 18.5 Å². The summed E-state index contributed by atoms with van der Waals surface area (Å²) in [5.41, 5.74) is 1.33. The van der Waals surface area contributed by atoms with Crippen LogP contribution < -0.4 is 10.1 Å². The van der Waals surface area contributed by atoms with E-state index in [9.17, 15) is 5.11 Å². The van der Waals surface area contributed by atoms with Crippen molar-refractivity contribution >= 4 is 40.5 Å². The van der Waals surface area contributed by atoms with Gasteiger partial charge in [0, 0.05) is 5.56 Å². The van der Waals surface area contributed by atoms with Crippen LogP contribution in [-0.4, -0.2) is 12.2 Å². The van der Waals surface area contributed by atoms with Crippen molar-refractivity contribution in [2.75, 3.05) is 12.4 Å². The van der Waals surface area contributed by atoms with Gasteiger partial charge in [-0.1, -0.05) is 34.8 Å². The zero-order valence-electron chi connectivity index (χ0n) is 11.5. The van der Waals surface area contributed by atoms with E-state index < -0.39 is 0 Å². The Morgan fingerprint density at radius 3 is 2.38 bits per heavy atom. The zero-order valence-corrected chi connectivity index (χ0v) is 13.7. The highest BCUT2D eigenvalue weighted by molar-refractivity contribution is 6.44. The van der Waals surface area contributed by atoms with Gasteiger partial charge in [0.25, 0.3) is 0 Å². The summed E-state index contributed by atoms with van der Waals surface area (Å²) in [5.74, 6) is 0.837.